The fraction of sp³-hybridized carbons (Fsp3) is 0.286. The van der Waals surface area contributed by atoms with Crippen LogP contribution in [0, 0.1) is 0 Å². The molecule has 1 aromatic heterocycles. The number of carbonyl (C=O) groups is 1. The van der Waals surface area contributed by atoms with Gasteiger partial charge < -0.3 is 10.1 Å². The number of carbonyl (C=O) groups excluding carboxylic acids is 1. The molecule has 3 heterocycles. The number of aromatic nitrogens is 2. The molecule has 0 amide bonds. The van der Waals surface area contributed by atoms with E-state index in [1.54, 1.807) is 0 Å². The first-order valence-electron chi connectivity index (χ1n) is 6.40. The minimum absolute atomic E-state index is 0.228. The summed E-state index contributed by atoms with van der Waals surface area (Å²) in [4.78, 5) is 11.4. The minimum Gasteiger partial charge on any atom is -0.457 e. The molecule has 2 aliphatic heterocycles. The maximum absolute atomic E-state index is 11.4. The molecule has 5 heteroatoms. The maximum Gasteiger partial charge on any atom is 0.338 e. The van der Waals surface area contributed by atoms with Crippen LogP contribution < -0.4 is 5.32 Å². The molecule has 0 fully saturated rings. The first kappa shape index (κ1) is 10.8. The van der Waals surface area contributed by atoms with E-state index in [2.05, 4.69) is 10.4 Å². The van der Waals surface area contributed by atoms with Crippen LogP contribution in [0.4, 0.5) is 0 Å². The van der Waals surface area contributed by atoms with Crippen LogP contribution in [0.25, 0.3) is 5.69 Å². The van der Waals surface area contributed by atoms with Gasteiger partial charge in [0.1, 0.15) is 6.61 Å². The highest BCUT2D eigenvalue weighted by molar-refractivity contribution is 5.93. The van der Waals surface area contributed by atoms with Crippen LogP contribution in [0.3, 0.4) is 0 Å². The first-order valence-corrected chi connectivity index (χ1v) is 6.40. The second-order valence-corrected chi connectivity index (χ2v) is 4.87. The largest absolute Gasteiger partial charge is 0.457 e. The first-order chi connectivity index (χ1) is 9.33. The molecule has 0 bridgehead atoms. The van der Waals surface area contributed by atoms with Crippen LogP contribution in [0.1, 0.15) is 27.2 Å². The molecule has 1 aromatic carbocycles. The lowest BCUT2D eigenvalue weighted by Crippen LogP contribution is -2.24. The molecule has 2 aliphatic rings. The van der Waals surface area contributed by atoms with Gasteiger partial charge in [-0.3, -0.25) is 0 Å². The zero-order chi connectivity index (χ0) is 12.8. The SMILES string of the molecule is O=C1OCc2cc(-n3ncc4c3CCNC4)ccc21. The predicted molar refractivity (Wildman–Crippen MR) is 68.1 cm³/mol. The standard InChI is InChI=1S/C14H13N3O2/c18-14-12-2-1-11(5-9(12)8-19-14)17-13-3-4-15-6-10(13)7-16-17/h1-2,5,7,15H,3-4,6,8H2. The number of nitrogens with one attached hydrogen (secondary N) is 1. The van der Waals surface area contributed by atoms with Gasteiger partial charge in [0.05, 0.1) is 17.4 Å². The Bertz CT molecular complexity index is 675. The second kappa shape index (κ2) is 3.93. The minimum atomic E-state index is -0.228. The topological polar surface area (TPSA) is 56.2 Å². The van der Waals surface area contributed by atoms with E-state index in [0.29, 0.717) is 12.2 Å². The molecule has 19 heavy (non-hydrogen) atoms. The zero-order valence-corrected chi connectivity index (χ0v) is 10.3. The van der Waals surface area contributed by atoms with Crippen molar-refractivity contribution in [2.75, 3.05) is 6.54 Å². The van der Waals surface area contributed by atoms with E-state index < -0.39 is 0 Å². The number of benzene rings is 1. The highest BCUT2D eigenvalue weighted by atomic mass is 16.5. The van der Waals surface area contributed by atoms with Gasteiger partial charge in [0, 0.05) is 36.3 Å². The summed E-state index contributed by atoms with van der Waals surface area (Å²) in [7, 11) is 0. The van der Waals surface area contributed by atoms with Crippen molar-refractivity contribution < 1.29 is 9.53 Å². The number of fused-ring (bicyclic) bond motifs is 2. The smallest absolute Gasteiger partial charge is 0.338 e. The third-order valence-electron chi connectivity index (χ3n) is 3.72. The lowest BCUT2D eigenvalue weighted by molar-refractivity contribution is 0.0535. The van der Waals surface area contributed by atoms with Crippen molar-refractivity contribution in [3.05, 3.63) is 46.8 Å². The molecule has 0 saturated carbocycles. The molecular formula is C14H13N3O2. The van der Waals surface area contributed by atoms with Crippen molar-refractivity contribution in [1.29, 1.82) is 0 Å². The van der Waals surface area contributed by atoms with E-state index >= 15 is 0 Å². The summed E-state index contributed by atoms with van der Waals surface area (Å²) in [6.45, 7) is 2.22. The van der Waals surface area contributed by atoms with Gasteiger partial charge in [-0.05, 0) is 18.2 Å². The Hall–Kier alpha value is -2.14. The summed E-state index contributed by atoms with van der Waals surface area (Å²) >= 11 is 0. The average molecular weight is 255 g/mol. The van der Waals surface area contributed by atoms with Crippen molar-refractivity contribution in [3.63, 3.8) is 0 Å². The molecule has 0 unspecified atom stereocenters. The number of hydrogen-bond acceptors (Lipinski definition) is 4. The Balaban J connectivity index is 1.81. The van der Waals surface area contributed by atoms with Gasteiger partial charge in [-0.2, -0.15) is 5.10 Å². The van der Waals surface area contributed by atoms with Crippen LogP contribution in [0.5, 0.6) is 0 Å². The molecule has 0 atom stereocenters. The monoisotopic (exact) mass is 255 g/mol. The third kappa shape index (κ3) is 1.58. The van der Waals surface area contributed by atoms with Crippen LogP contribution in [-0.4, -0.2) is 22.3 Å². The molecular weight excluding hydrogens is 242 g/mol. The quantitative estimate of drug-likeness (QED) is 0.778. The Kier molecular flexibility index (Phi) is 2.22. The van der Waals surface area contributed by atoms with Crippen LogP contribution in [0.2, 0.25) is 0 Å². The zero-order valence-electron chi connectivity index (χ0n) is 10.3. The van der Waals surface area contributed by atoms with Crippen molar-refractivity contribution >= 4 is 5.97 Å². The molecule has 0 spiro atoms. The van der Waals surface area contributed by atoms with Gasteiger partial charge in [0.2, 0.25) is 0 Å². The molecule has 4 rings (SSSR count). The molecule has 2 aromatic rings. The van der Waals surface area contributed by atoms with Gasteiger partial charge in [0.25, 0.3) is 0 Å². The lowest BCUT2D eigenvalue weighted by atomic mass is 10.1. The van der Waals surface area contributed by atoms with Gasteiger partial charge in [-0.1, -0.05) is 0 Å². The molecule has 0 saturated heterocycles. The van der Waals surface area contributed by atoms with E-state index in [1.807, 2.05) is 29.1 Å². The second-order valence-electron chi connectivity index (χ2n) is 4.87. The number of nitrogens with zero attached hydrogens (tertiary/aromatic N) is 2. The van der Waals surface area contributed by atoms with E-state index in [1.165, 1.54) is 11.3 Å². The normalized spacial score (nSPS) is 16.9. The highest BCUT2D eigenvalue weighted by Crippen LogP contribution is 2.24. The summed E-state index contributed by atoms with van der Waals surface area (Å²) in [5, 5.41) is 7.80. The average Bonchev–Trinajstić information content (AvgIpc) is 3.03. The summed E-state index contributed by atoms with van der Waals surface area (Å²) < 4.78 is 7.00. The van der Waals surface area contributed by atoms with Gasteiger partial charge in [0.15, 0.2) is 0 Å². The summed E-state index contributed by atoms with van der Waals surface area (Å²) in [5.41, 5.74) is 5.12. The lowest BCUT2D eigenvalue weighted by Gasteiger charge is -2.15. The van der Waals surface area contributed by atoms with E-state index in [-0.39, 0.29) is 5.97 Å². The van der Waals surface area contributed by atoms with E-state index in [0.717, 1.165) is 30.8 Å². The Morgan fingerprint density at radius 3 is 3.21 bits per heavy atom. The fourth-order valence-corrected chi connectivity index (χ4v) is 2.73. The number of hydrogen-bond donors (Lipinski definition) is 1. The van der Waals surface area contributed by atoms with Crippen LogP contribution >= 0.6 is 0 Å². The summed E-state index contributed by atoms with van der Waals surface area (Å²) in [6, 6.07) is 5.76. The highest BCUT2D eigenvalue weighted by Gasteiger charge is 2.22. The molecule has 5 nitrogen and oxygen atoms in total. The fourth-order valence-electron chi connectivity index (χ4n) is 2.73. The summed E-state index contributed by atoms with van der Waals surface area (Å²) in [5.74, 6) is -0.228. The Morgan fingerprint density at radius 1 is 1.32 bits per heavy atom. The van der Waals surface area contributed by atoms with E-state index in [9.17, 15) is 4.79 Å². The van der Waals surface area contributed by atoms with Crippen molar-refractivity contribution in [2.45, 2.75) is 19.6 Å². The van der Waals surface area contributed by atoms with Gasteiger partial charge in [-0.15, -0.1) is 0 Å². The van der Waals surface area contributed by atoms with Crippen molar-refractivity contribution in [2.24, 2.45) is 0 Å². The van der Waals surface area contributed by atoms with Gasteiger partial charge in [-0.25, -0.2) is 9.48 Å². The Morgan fingerprint density at radius 2 is 2.26 bits per heavy atom. The van der Waals surface area contributed by atoms with Crippen LogP contribution in [-0.2, 0) is 24.3 Å². The van der Waals surface area contributed by atoms with E-state index in [4.69, 9.17) is 4.74 Å². The molecule has 0 aliphatic carbocycles. The molecule has 1 N–H and O–H groups in total. The number of rotatable bonds is 1. The number of esters is 1. The molecule has 0 radical (unpaired) electrons. The number of ether oxygens (including phenoxy) is 1. The van der Waals surface area contributed by atoms with Gasteiger partial charge >= 0.3 is 5.97 Å². The number of cyclic esters (lactones) is 1. The predicted octanol–water partition coefficient (Wildman–Crippen LogP) is 1.19. The van der Waals surface area contributed by atoms with Crippen LogP contribution in [0.15, 0.2) is 24.4 Å². The third-order valence-corrected chi connectivity index (χ3v) is 3.72. The Labute approximate surface area is 110 Å². The van der Waals surface area contributed by atoms with Crippen molar-refractivity contribution in [1.82, 2.24) is 15.1 Å². The summed E-state index contributed by atoms with van der Waals surface area (Å²) in [6.07, 6.45) is 2.89. The maximum atomic E-state index is 11.4. The molecule has 96 valence electrons. The van der Waals surface area contributed by atoms with Crippen molar-refractivity contribution in [3.8, 4) is 5.69 Å².